The summed E-state index contributed by atoms with van der Waals surface area (Å²) in [5.74, 6) is -0.960. The maximum atomic E-state index is 13.2. The van der Waals surface area contributed by atoms with Crippen LogP contribution in [0.1, 0.15) is 0 Å². The van der Waals surface area contributed by atoms with E-state index in [0.29, 0.717) is 0 Å². The average molecular weight is 259 g/mol. The van der Waals surface area contributed by atoms with Gasteiger partial charge in [0.1, 0.15) is 10.6 Å². The summed E-state index contributed by atoms with van der Waals surface area (Å²) in [6, 6.07) is 2.12. The van der Waals surface area contributed by atoms with Gasteiger partial charge in [-0.15, -0.1) is 0 Å². The third-order valence-electron chi connectivity index (χ3n) is 1.47. The van der Waals surface area contributed by atoms with Crippen molar-refractivity contribution in [1.82, 2.24) is 0 Å². The fourth-order valence-electron chi connectivity index (χ4n) is 0.835. The molecule has 0 aromatic heterocycles. The molecule has 0 radical (unpaired) electrons. The summed E-state index contributed by atoms with van der Waals surface area (Å²) >= 11 is 5.43. The van der Waals surface area contributed by atoms with Crippen molar-refractivity contribution in [2.45, 2.75) is 4.90 Å². The van der Waals surface area contributed by atoms with Crippen LogP contribution < -0.4 is 4.74 Å². The molecule has 0 aliphatic rings. The lowest BCUT2D eigenvalue weighted by Gasteiger charge is -2.04. The van der Waals surface area contributed by atoms with Crippen molar-refractivity contribution < 1.29 is 17.5 Å². The SMILES string of the molecule is COc1cc(Cl)c(F)c(S(=O)(=O)Cl)c1. The second-order valence-electron chi connectivity index (χ2n) is 2.36. The summed E-state index contributed by atoms with van der Waals surface area (Å²) in [5, 5.41) is -0.358. The van der Waals surface area contributed by atoms with Gasteiger partial charge in [0.25, 0.3) is 9.05 Å². The van der Waals surface area contributed by atoms with Crippen molar-refractivity contribution in [2.24, 2.45) is 0 Å². The predicted octanol–water partition coefficient (Wildman–Crippen LogP) is 2.42. The fraction of sp³-hybridized carbons (Fsp3) is 0.143. The Hall–Kier alpha value is -0.520. The van der Waals surface area contributed by atoms with Crippen molar-refractivity contribution in [2.75, 3.05) is 7.11 Å². The zero-order valence-corrected chi connectivity index (χ0v) is 9.25. The van der Waals surface area contributed by atoms with E-state index < -0.39 is 19.8 Å². The van der Waals surface area contributed by atoms with Crippen molar-refractivity contribution >= 4 is 31.3 Å². The minimum atomic E-state index is -4.16. The van der Waals surface area contributed by atoms with E-state index >= 15 is 0 Å². The average Bonchev–Trinajstić information content (AvgIpc) is 2.07. The van der Waals surface area contributed by atoms with Crippen LogP contribution in [0.25, 0.3) is 0 Å². The van der Waals surface area contributed by atoms with Crippen LogP contribution in [0, 0.1) is 5.82 Å². The number of ether oxygens (including phenoxy) is 1. The van der Waals surface area contributed by atoms with Crippen LogP contribution in [-0.2, 0) is 9.05 Å². The van der Waals surface area contributed by atoms with Crippen molar-refractivity contribution in [3.8, 4) is 5.75 Å². The first-order valence-corrected chi connectivity index (χ1v) is 6.02. The molecule has 0 bridgehead atoms. The Labute approximate surface area is 89.8 Å². The highest BCUT2D eigenvalue weighted by Gasteiger charge is 2.20. The van der Waals surface area contributed by atoms with Gasteiger partial charge in [-0.1, -0.05) is 11.6 Å². The molecule has 7 heteroatoms. The largest absolute Gasteiger partial charge is 0.497 e. The Morgan fingerprint density at radius 3 is 2.43 bits per heavy atom. The van der Waals surface area contributed by atoms with Crippen LogP contribution in [0.5, 0.6) is 5.75 Å². The van der Waals surface area contributed by atoms with Crippen molar-refractivity contribution in [3.63, 3.8) is 0 Å². The van der Waals surface area contributed by atoms with Gasteiger partial charge in [0.15, 0.2) is 5.82 Å². The first kappa shape index (κ1) is 11.6. The lowest BCUT2D eigenvalue weighted by molar-refractivity contribution is 0.411. The van der Waals surface area contributed by atoms with E-state index in [1.807, 2.05) is 0 Å². The molecule has 1 rings (SSSR count). The summed E-state index contributed by atoms with van der Waals surface area (Å²) in [6.07, 6.45) is 0. The van der Waals surface area contributed by atoms with E-state index in [2.05, 4.69) is 0 Å². The molecule has 0 heterocycles. The number of hydrogen-bond acceptors (Lipinski definition) is 3. The number of hydrogen-bond donors (Lipinski definition) is 0. The van der Waals surface area contributed by atoms with Crippen LogP contribution in [0.15, 0.2) is 17.0 Å². The minimum absolute atomic E-state index is 0.121. The Balaban J connectivity index is 3.51. The maximum absolute atomic E-state index is 13.2. The molecule has 1 aromatic rings. The van der Waals surface area contributed by atoms with Gasteiger partial charge < -0.3 is 4.74 Å². The monoisotopic (exact) mass is 258 g/mol. The Bertz CT molecular complexity index is 458. The van der Waals surface area contributed by atoms with Gasteiger partial charge in [-0.05, 0) is 0 Å². The molecular formula is C7H5Cl2FO3S. The van der Waals surface area contributed by atoms with Gasteiger partial charge in [0.05, 0.1) is 12.1 Å². The molecule has 0 saturated heterocycles. The standard InChI is InChI=1S/C7H5Cl2FO3S/c1-13-4-2-5(8)7(10)6(3-4)14(9,11)12/h2-3H,1H3. The van der Waals surface area contributed by atoms with Gasteiger partial charge in [-0.3, -0.25) is 0 Å². The molecule has 0 unspecified atom stereocenters. The molecule has 0 amide bonds. The topological polar surface area (TPSA) is 43.4 Å². The summed E-state index contributed by atoms with van der Waals surface area (Å²) in [7, 11) is 2.13. The number of methoxy groups -OCH3 is 1. The third kappa shape index (κ3) is 2.29. The van der Waals surface area contributed by atoms with Crippen LogP contribution in [0.4, 0.5) is 4.39 Å². The molecule has 0 aliphatic carbocycles. The Morgan fingerprint density at radius 1 is 1.43 bits per heavy atom. The van der Waals surface area contributed by atoms with Gasteiger partial charge in [-0.25, -0.2) is 12.8 Å². The smallest absolute Gasteiger partial charge is 0.264 e. The first-order chi connectivity index (χ1) is 6.36. The summed E-state index contributed by atoms with van der Waals surface area (Å²) in [5.41, 5.74) is 0. The first-order valence-electron chi connectivity index (χ1n) is 3.34. The predicted molar refractivity (Wildman–Crippen MR) is 51.0 cm³/mol. The molecule has 78 valence electrons. The number of halogens is 3. The summed E-state index contributed by atoms with van der Waals surface area (Å²) in [6.45, 7) is 0. The molecule has 1 aromatic carbocycles. The molecule has 0 N–H and O–H groups in total. The molecule has 0 spiro atoms. The fourth-order valence-corrected chi connectivity index (χ4v) is 2.02. The highest BCUT2D eigenvalue weighted by molar-refractivity contribution is 8.13. The van der Waals surface area contributed by atoms with Crippen LogP contribution in [-0.4, -0.2) is 15.5 Å². The summed E-state index contributed by atoms with van der Waals surface area (Å²) < 4.78 is 39.6. The quantitative estimate of drug-likeness (QED) is 0.766. The Morgan fingerprint density at radius 2 is 2.00 bits per heavy atom. The van der Waals surface area contributed by atoms with Gasteiger partial charge in [0, 0.05) is 22.8 Å². The van der Waals surface area contributed by atoms with Crippen LogP contribution in [0.2, 0.25) is 5.02 Å². The third-order valence-corrected chi connectivity index (χ3v) is 3.06. The Kier molecular flexibility index (Phi) is 3.24. The molecule has 0 aliphatic heterocycles. The number of benzene rings is 1. The second-order valence-corrected chi connectivity index (χ2v) is 5.30. The summed E-state index contributed by atoms with van der Waals surface area (Å²) in [4.78, 5) is -0.691. The number of rotatable bonds is 2. The lowest BCUT2D eigenvalue weighted by atomic mass is 10.3. The van der Waals surface area contributed by atoms with Gasteiger partial charge >= 0.3 is 0 Å². The maximum Gasteiger partial charge on any atom is 0.264 e. The van der Waals surface area contributed by atoms with Gasteiger partial charge in [-0.2, -0.15) is 0 Å². The molecular weight excluding hydrogens is 254 g/mol. The van der Waals surface area contributed by atoms with Gasteiger partial charge in [0.2, 0.25) is 0 Å². The van der Waals surface area contributed by atoms with Crippen LogP contribution in [0.3, 0.4) is 0 Å². The normalized spacial score (nSPS) is 11.4. The van der Waals surface area contributed by atoms with E-state index in [-0.39, 0.29) is 10.8 Å². The highest BCUT2D eigenvalue weighted by atomic mass is 35.7. The van der Waals surface area contributed by atoms with E-state index in [0.717, 1.165) is 12.1 Å². The zero-order chi connectivity index (χ0) is 10.9. The van der Waals surface area contributed by atoms with E-state index in [4.69, 9.17) is 27.0 Å². The van der Waals surface area contributed by atoms with E-state index in [1.165, 1.54) is 7.11 Å². The van der Waals surface area contributed by atoms with E-state index in [1.54, 1.807) is 0 Å². The molecule has 0 atom stereocenters. The van der Waals surface area contributed by atoms with E-state index in [9.17, 15) is 12.8 Å². The van der Waals surface area contributed by atoms with Crippen molar-refractivity contribution in [1.29, 1.82) is 0 Å². The molecule has 3 nitrogen and oxygen atoms in total. The minimum Gasteiger partial charge on any atom is -0.497 e. The van der Waals surface area contributed by atoms with Crippen LogP contribution >= 0.6 is 22.3 Å². The molecule has 14 heavy (non-hydrogen) atoms. The highest BCUT2D eigenvalue weighted by Crippen LogP contribution is 2.29. The second kappa shape index (κ2) is 3.92. The lowest BCUT2D eigenvalue weighted by Crippen LogP contribution is -1.97. The molecule has 0 fully saturated rings. The van der Waals surface area contributed by atoms with Crippen molar-refractivity contribution in [3.05, 3.63) is 23.0 Å². The zero-order valence-electron chi connectivity index (χ0n) is 6.92. The molecule has 0 saturated carbocycles.